The number of anilines is 1. The summed E-state index contributed by atoms with van der Waals surface area (Å²) >= 11 is 5.91. The number of hydrogen-bond donors (Lipinski definition) is 1. The Morgan fingerprint density at radius 3 is 2.59 bits per heavy atom. The van der Waals surface area contributed by atoms with Gasteiger partial charge in [-0.1, -0.05) is 23.7 Å². The van der Waals surface area contributed by atoms with Gasteiger partial charge in [-0.2, -0.15) is 5.26 Å². The molecule has 0 saturated carbocycles. The van der Waals surface area contributed by atoms with Gasteiger partial charge in [0.05, 0.1) is 17.7 Å². The zero-order valence-electron chi connectivity index (χ0n) is 11.8. The number of nitriles is 1. The lowest BCUT2D eigenvalue weighted by Crippen LogP contribution is -2.07. The van der Waals surface area contributed by atoms with E-state index in [1.54, 1.807) is 31.4 Å². The molecular formula is C17H13ClN2O2. The average molecular weight is 313 g/mol. The molecule has 2 aromatic carbocycles. The molecular weight excluding hydrogens is 300 g/mol. The van der Waals surface area contributed by atoms with Gasteiger partial charge in [0.15, 0.2) is 0 Å². The molecule has 4 nitrogen and oxygen atoms in total. The summed E-state index contributed by atoms with van der Waals surface area (Å²) < 4.78 is 5.07. The molecule has 1 N–H and O–H groups in total. The van der Waals surface area contributed by atoms with Crippen molar-refractivity contribution < 1.29 is 9.53 Å². The van der Waals surface area contributed by atoms with Crippen LogP contribution in [0.3, 0.4) is 0 Å². The first-order chi connectivity index (χ1) is 10.6. The van der Waals surface area contributed by atoms with E-state index in [0.717, 1.165) is 11.3 Å². The van der Waals surface area contributed by atoms with Crippen LogP contribution >= 0.6 is 11.6 Å². The molecule has 0 bridgehead atoms. The van der Waals surface area contributed by atoms with Gasteiger partial charge in [0.25, 0.3) is 0 Å². The largest absolute Gasteiger partial charge is 0.497 e. The van der Waals surface area contributed by atoms with Gasteiger partial charge in [-0.25, -0.2) is 0 Å². The van der Waals surface area contributed by atoms with E-state index >= 15 is 0 Å². The molecule has 0 aliphatic rings. The van der Waals surface area contributed by atoms with Crippen LogP contribution in [-0.4, -0.2) is 13.0 Å². The predicted octanol–water partition coefficient (Wildman–Crippen LogP) is 3.87. The second-order valence-corrected chi connectivity index (χ2v) is 4.81. The monoisotopic (exact) mass is 312 g/mol. The first-order valence-electron chi connectivity index (χ1n) is 6.45. The van der Waals surface area contributed by atoms with E-state index in [2.05, 4.69) is 5.32 Å². The number of halogens is 1. The summed E-state index contributed by atoms with van der Waals surface area (Å²) in [6.07, 6.45) is 3.12. The molecule has 1 amide bonds. The summed E-state index contributed by atoms with van der Waals surface area (Å²) in [4.78, 5) is 11.8. The minimum Gasteiger partial charge on any atom is -0.497 e. The van der Waals surface area contributed by atoms with Gasteiger partial charge >= 0.3 is 0 Å². The van der Waals surface area contributed by atoms with Crippen LogP contribution < -0.4 is 10.1 Å². The molecule has 0 spiro atoms. The van der Waals surface area contributed by atoms with Crippen molar-refractivity contribution in [1.82, 2.24) is 0 Å². The molecule has 0 aliphatic carbocycles. The Morgan fingerprint density at radius 1 is 1.27 bits per heavy atom. The van der Waals surface area contributed by atoms with E-state index < -0.39 is 0 Å². The van der Waals surface area contributed by atoms with Gasteiger partial charge in [-0.3, -0.25) is 4.79 Å². The van der Waals surface area contributed by atoms with E-state index in [0.29, 0.717) is 16.3 Å². The van der Waals surface area contributed by atoms with Crippen LogP contribution in [0.2, 0.25) is 5.02 Å². The van der Waals surface area contributed by atoms with Gasteiger partial charge in [0.2, 0.25) is 5.91 Å². The molecule has 0 radical (unpaired) electrons. The first-order valence-corrected chi connectivity index (χ1v) is 6.83. The van der Waals surface area contributed by atoms with E-state index in [4.69, 9.17) is 21.6 Å². The molecule has 0 aliphatic heterocycles. The van der Waals surface area contributed by atoms with Crippen LogP contribution in [0.15, 0.2) is 48.5 Å². The maximum absolute atomic E-state index is 11.8. The van der Waals surface area contributed by atoms with Crippen molar-refractivity contribution in [3.8, 4) is 11.8 Å². The highest BCUT2D eigenvalue weighted by atomic mass is 35.5. The number of rotatable bonds is 4. The Hall–Kier alpha value is -2.77. The van der Waals surface area contributed by atoms with Gasteiger partial charge in [-0.15, -0.1) is 0 Å². The Bertz CT molecular complexity index is 746. The SMILES string of the molecule is COc1ccc(/C=C/C(=O)Nc2ccc(C#N)c(Cl)c2)cc1. The Kier molecular flexibility index (Phi) is 5.18. The summed E-state index contributed by atoms with van der Waals surface area (Å²) in [6.45, 7) is 0. The van der Waals surface area contributed by atoms with Crippen molar-refractivity contribution in [2.75, 3.05) is 12.4 Å². The van der Waals surface area contributed by atoms with Crippen LogP contribution in [0.4, 0.5) is 5.69 Å². The molecule has 22 heavy (non-hydrogen) atoms. The molecule has 0 unspecified atom stereocenters. The van der Waals surface area contributed by atoms with Crippen LogP contribution in [0, 0.1) is 11.3 Å². The first kappa shape index (κ1) is 15.6. The normalized spacial score (nSPS) is 10.2. The number of ether oxygens (including phenoxy) is 1. The summed E-state index contributed by atoms with van der Waals surface area (Å²) in [6, 6.07) is 14.0. The number of amides is 1. The number of nitrogens with zero attached hydrogens (tertiary/aromatic N) is 1. The quantitative estimate of drug-likeness (QED) is 0.872. The second-order valence-electron chi connectivity index (χ2n) is 4.40. The molecule has 110 valence electrons. The maximum Gasteiger partial charge on any atom is 0.248 e. The zero-order valence-corrected chi connectivity index (χ0v) is 12.6. The molecule has 0 atom stereocenters. The summed E-state index contributed by atoms with van der Waals surface area (Å²) in [5, 5.41) is 11.8. The number of benzene rings is 2. The number of hydrogen-bond acceptors (Lipinski definition) is 3. The van der Waals surface area contributed by atoms with Crippen LogP contribution in [-0.2, 0) is 4.79 Å². The minimum atomic E-state index is -0.281. The second kappa shape index (κ2) is 7.30. The van der Waals surface area contributed by atoms with E-state index in [9.17, 15) is 4.79 Å². The summed E-state index contributed by atoms with van der Waals surface area (Å²) in [7, 11) is 1.60. The van der Waals surface area contributed by atoms with Crippen molar-refractivity contribution in [3.05, 3.63) is 64.7 Å². The van der Waals surface area contributed by atoms with E-state index in [1.165, 1.54) is 6.08 Å². The molecule has 5 heteroatoms. The van der Waals surface area contributed by atoms with Crippen molar-refractivity contribution >= 4 is 29.3 Å². The van der Waals surface area contributed by atoms with Crippen LogP contribution in [0.5, 0.6) is 5.75 Å². The van der Waals surface area contributed by atoms with Crippen molar-refractivity contribution in [2.45, 2.75) is 0 Å². The molecule has 0 heterocycles. The van der Waals surface area contributed by atoms with Gasteiger partial charge < -0.3 is 10.1 Å². The van der Waals surface area contributed by atoms with E-state index in [1.807, 2.05) is 30.3 Å². The minimum absolute atomic E-state index is 0.281. The lowest BCUT2D eigenvalue weighted by Gasteiger charge is -2.03. The Morgan fingerprint density at radius 2 is 2.00 bits per heavy atom. The molecule has 0 fully saturated rings. The maximum atomic E-state index is 11.8. The third kappa shape index (κ3) is 4.11. The van der Waals surface area contributed by atoms with Crippen molar-refractivity contribution in [2.24, 2.45) is 0 Å². The Balaban J connectivity index is 2.01. The Labute approximate surface area is 133 Å². The van der Waals surface area contributed by atoms with Gasteiger partial charge in [-0.05, 0) is 42.0 Å². The number of methoxy groups -OCH3 is 1. The molecule has 0 aromatic heterocycles. The van der Waals surface area contributed by atoms with Crippen molar-refractivity contribution in [3.63, 3.8) is 0 Å². The lowest BCUT2D eigenvalue weighted by atomic mass is 10.2. The topological polar surface area (TPSA) is 62.1 Å². The third-order valence-electron chi connectivity index (χ3n) is 2.90. The fraction of sp³-hybridized carbons (Fsp3) is 0.0588. The fourth-order valence-corrected chi connectivity index (χ4v) is 1.98. The molecule has 0 saturated heterocycles. The highest BCUT2D eigenvalue weighted by Crippen LogP contribution is 2.20. The smallest absolute Gasteiger partial charge is 0.248 e. The standard InChI is InChI=1S/C17H13ClN2O2/c1-22-15-7-2-12(3-8-15)4-9-17(21)20-14-6-5-13(11-19)16(18)10-14/h2-10H,1H3,(H,20,21)/b9-4+. The number of carbonyl (C=O) groups excluding carboxylic acids is 1. The van der Waals surface area contributed by atoms with Gasteiger partial charge in [0, 0.05) is 11.8 Å². The van der Waals surface area contributed by atoms with Gasteiger partial charge in [0.1, 0.15) is 11.8 Å². The molecule has 2 aromatic rings. The lowest BCUT2D eigenvalue weighted by molar-refractivity contribution is -0.111. The third-order valence-corrected chi connectivity index (χ3v) is 3.21. The van der Waals surface area contributed by atoms with Crippen LogP contribution in [0.25, 0.3) is 6.08 Å². The average Bonchev–Trinajstić information content (AvgIpc) is 2.53. The number of nitrogens with one attached hydrogen (secondary N) is 1. The van der Waals surface area contributed by atoms with Crippen LogP contribution in [0.1, 0.15) is 11.1 Å². The highest BCUT2D eigenvalue weighted by molar-refractivity contribution is 6.32. The predicted molar refractivity (Wildman–Crippen MR) is 86.8 cm³/mol. The zero-order chi connectivity index (χ0) is 15.9. The molecule has 2 rings (SSSR count). The van der Waals surface area contributed by atoms with E-state index in [-0.39, 0.29) is 5.91 Å². The summed E-state index contributed by atoms with van der Waals surface area (Å²) in [5.41, 5.74) is 1.79. The fourth-order valence-electron chi connectivity index (χ4n) is 1.75. The summed E-state index contributed by atoms with van der Waals surface area (Å²) in [5.74, 6) is 0.477. The highest BCUT2D eigenvalue weighted by Gasteiger charge is 2.03. The number of carbonyl (C=O) groups is 1. The van der Waals surface area contributed by atoms with Crippen molar-refractivity contribution in [1.29, 1.82) is 5.26 Å².